The second-order valence-corrected chi connectivity index (χ2v) is 5.36. The summed E-state index contributed by atoms with van der Waals surface area (Å²) in [5.74, 6) is -0.171. The molecule has 20 heavy (non-hydrogen) atoms. The molecular weight excluding hydrogens is 249 g/mol. The van der Waals surface area contributed by atoms with E-state index in [1.54, 1.807) is 19.2 Å². The molecule has 0 radical (unpaired) electrons. The maximum atomic E-state index is 13.7. The van der Waals surface area contributed by atoms with Gasteiger partial charge in [-0.15, -0.1) is 0 Å². The smallest absolute Gasteiger partial charge is 0.126 e. The molecule has 2 aromatic carbocycles. The predicted molar refractivity (Wildman–Crippen MR) is 81.3 cm³/mol. The summed E-state index contributed by atoms with van der Waals surface area (Å²) in [6.45, 7) is 5.94. The van der Waals surface area contributed by atoms with Crippen LogP contribution in [0.2, 0.25) is 0 Å². The van der Waals surface area contributed by atoms with E-state index in [0.29, 0.717) is 5.56 Å². The number of fused-ring (bicyclic) bond motifs is 1. The molecule has 0 atom stereocenters. The Bertz CT molecular complexity index is 786. The van der Waals surface area contributed by atoms with Crippen molar-refractivity contribution in [1.29, 1.82) is 0 Å². The zero-order valence-electron chi connectivity index (χ0n) is 11.9. The Balaban J connectivity index is 2.33. The minimum Gasteiger partial charge on any atom is -0.256 e. The molecule has 1 nitrogen and oxygen atoms in total. The minimum atomic E-state index is -0.171. The fourth-order valence-electron chi connectivity index (χ4n) is 2.64. The lowest BCUT2D eigenvalue weighted by Gasteiger charge is -2.09. The molecule has 3 aromatic rings. The van der Waals surface area contributed by atoms with Crippen LogP contribution < -0.4 is 0 Å². The van der Waals surface area contributed by atoms with E-state index in [2.05, 4.69) is 37.0 Å². The number of halogens is 1. The Morgan fingerprint density at radius 1 is 0.900 bits per heavy atom. The van der Waals surface area contributed by atoms with Crippen LogP contribution in [0.3, 0.4) is 0 Å². The molecule has 0 amide bonds. The Morgan fingerprint density at radius 2 is 1.60 bits per heavy atom. The van der Waals surface area contributed by atoms with Crippen molar-refractivity contribution in [2.75, 3.05) is 0 Å². The van der Waals surface area contributed by atoms with E-state index in [9.17, 15) is 4.39 Å². The van der Waals surface area contributed by atoms with Gasteiger partial charge in [0.2, 0.25) is 0 Å². The van der Waals surface area contributed by atoms with Gasteiger partial charge in [0.05, 0.1) is 5.69 Å². The number of aryl methyl sites for hydroxylation is 3. The third kappa shape index (κ3) is 2.18. The summed E-state index contributed by atoms with van der Waals surface area (Å²) in [7, 11) is 0. The number of nitrogens with zero attached hydrogens (tertiary/aromatic N) is 1. The van der Waals surface area contributed by atoms with Crippen LogP contribution in [0.5, 0.6) is 0 Å². The maximum absolute atomic E-state index is 13.7. The lowest BCUT2D eigenvalue weighted by atomic mass is 9.99. The summed E-state index contributed by atoms with van der Waals surface area (Å²) < 4.78 is 13.7. The Morgan fingerprint density at radius 3 is 2.30 bits per heavy atom. The molecule has 0 N–H and O–H groups in total. The molecule has 1 aromatic heterocycles. The molecule has 0 bridgehead atoms. The number of hydrogen-bond acceptors (Lipinski definition) is 1. The highest BCUT2D eigenvalue weighted by molar-refractivity contribution is 5.95. The van der Waals surface area contributed by atoms with E-state index in [-0.39, 0.29) is 5.82 Å². The van der Waals surface area contributed by atoms with Gasteiger partial charge in [-0.25, -0.2) is 4.39 Å². The van der Waals surface area contributed by atoms with Crippen molar-refractivity contribution in [3.63, 3.8) is 0 Å². The maximum Gasteiger partial charge on any atom is 0.126 e. The summed E-state index contributed by atoms with van der Waals surface area (Å²) in [6.07, 6.45) is 1.74. The van der Waals surface area contributed by atoms with E-state index in [1.165, 1.54) is 11.1 Å². The van der Waals surface area contributed by atoms with Crippen molar-refractivity contribution >= 4 is 10.8 Å². The fraction of sp³-hybridized carbons (Fsp3) is 0.167. The van der Waals surface area contributed by atoms with E-state index in [4.69, 9.17) is 0 Å². The van der Waals surface area contributed by atoms with Gasteiger partial charge in [0.25, 0.3) is 0 Å². The third-order valence-corrected chi connectivity index (χ3v) is 3.54. The van der Waals surface area contributed by atoms with E-state index < -0.39 is 0 Å². The molecule has 0 saturated heterocycles. The molecule has 1 heterocycles. The van der Waals surface area contributed by atoms with Crippen LogP contribution >= 0.6 is 0 Å². The molecule has 100 valence electrons. The highest BCUT2D eigenvalue weighted by Gasteiger charge is 2.09. The monoisotopic (exact) mass is 265 g/mol. The van der Waals surface area contributed by atoms with E-state index >= 15 is 0 Å². The molecule has 0 aliphatic rings. The third-order valence-electron chi connectivity index (χ3n) is 3.54. The van der Waals surface area contributed by atoms with Crippen molar-refractivity contribution in [1.82, 2.24) is 4.98 Å². The SMILES string of the molecule is Cc1cc(C)cc(-c2nccc3cc(F)c(C)cc23)c1. The van der Waals surface area contributed by atoms with Crippen LogP contribution in [0.4, 0.5) is 4.39 Å². The van der Waals surface area contributed by atoms with E-state index in [0.717, 1.165) is 22.0 Å². The van der Waals surface area contributed by atoms with Crippen LogP contribution in [0.15, 0.2) is 42.6 Å². The Labute approximate surface area is 118 Å². The van der Waals surface area contributed by atoms with Crippen molar-refractivity contribution in [3.05, 3.63) is 65.1 Å². The first-order valence-corrected chi connectivity index (χ1v) is 6.68. The normalized spacial score (nSPS) is 11.0. The Kier molecular flexibility index (Phi) is 3.01. The number of benzene rings is 2. The van der Waals surface area contributed by atoms with Crippen molar-refractivity contribution in [3.8, 4) is 11.3 Å². The molecule has 0 saturated carbocycles. The average Bonchev–Trinajstić information content (AvgIpc) is 2.38. The quantitative estimate of drug-likeness (QED) is 0.605. The summed E-state index contributed by atoms with van der Waals surface area (Å²) in [5, 5.41) is 1.88. The number of rotatable bonds is 1. The lowest BCUT2D eigenvalue weighted by Crippen LogP contribution is -1.90. The van der Waals surface area contributed by atoms with Crippen LogP contribution in [0, 0.1) is 26.6 Å². The van der Waals surface area contributed by atoms with Gasteiger partial charge in [-0.05, 0) is 62.1 Å². The first kappa shape index (κ1) is 12.8. The zero-order chi connectivity index (χ0) is 14.3. The minimum absolute atomic E-state index is 0.171. The van der Waals surface area contributed by atoms with Gasteiger partial charge < -0.3 is 0 Å². The molecule has 0 fully saturated rings. The van der Waals surface area contributed by atoms with Gasteiger partial charge in [-0.2, -0.15) is 0 Å². The number of aromatic nitrogens is 1. The van der Waals surface area contributed by atoms with Crippen molar-refractivity contribution in [2.45, 2.75) is 20.8 Å². The highest BCUT2D eigenvalue weighted by Crippen LogP contribution is 2.29. The van der Waals surface area contributed by atoms with Crippen LogP contribution in [-0.4, -0.2) is 4.98 Å². The molecule has 3 rings (SSSR count). The Hall–Kier alpha value is -2.22. The number of pyridine rings is 1. The predicted octanol–water partition coefficient (Wildman–Crippen LogP) is 4.97. The molecule has 0 spiro atoms. The summed E-state index contributed by atoms with van der Waals surface area (Å²) in [5.41, 5.74) is 5.06. The zero-order valence-corrected chi connectivity index (χ0v) is 11.9. The second kappa shape index (κ2) is 4.71. The van der Waals surface area contributed by atoms with Gasteiger partial charge in [0.15, 0.2) is 0 Å². The largest absolute Gasteiger partial charge is 0.256 e. The van der Waals surface area contributed by atoms with Gasteiger partial charge >= 0.3 is 0 Å². The summed E-state index contributed by atoms with van der Waals surface area (Å²) in [6, 6.07) is 11.7. The fourth-order valence-corrected chi connectivity index (χ4v) is 2.64. The van der Waals surface area contributed by atoms with Crippen LogP contribution in [-0.2, 0) is 0 Å². The number of hydrogen-bond donors (Lipinski definition) is 0. The van der Waals surface area contributed by atoms with Gasteiger partial charge in [0, 0.05) is 17.1 Å². The summed E-state index contributed by atoms with van der Waals surface area (Å²) >= 11 is 0. The van der Waals surface area contributed by atoms with E-state index in [1.807, 2.05) is 12.1 Å². The molecule has 0 aliphatic carbocycles. The highest BCUT2D eigenvalue weighted by atomic mass is 19.1. The molecule has 2 heteroatoms. The molecule has 0 aliphatic heterocycles. The molecule has 0 unspecified atom stereocenters. The standard InChI is InChI=1S/C18H16FN/c1-11-6-12(2)8-15(7-11)18-16-9-13(3)17(19)10-14(16)4-5-20-18/h4-10H,1-3H3. The van der Waals surface area contributed by atoms with Crippen molar-refractivity contribution < 1.29 is 4.39 Å². The molecular formula is C18H16FN. The lowest BCUT2D eigenvalue weighted by molar-refractivity contribution is 0.620. The van der Waals surface area contributed by atoms with Crippen molar-refractivity contribution in [2.24, 2.45) is 0 Å². The van der Waals surface area contributed by atoms with Crippen LogP contribution in [0.25, 0.3) is 22.0 Å². The average molecular weight is 265 g/mol. The second-order valence-electron chi connectivity index (χ2n) is 5.36. The first-order chi connectivity index (χ1) is 9.54. The topological polar surface area (TPSA) is 12.9 Å². The van der Waals surface area contributed by atoms with Gasteiger partial charge in [-0.3, -0.25) is 4.98 Å². The summed E-state index contributed by atoms with van der Waals surface area (Å²) in [4.78, 5) is 4.51. The van der Waals surface area contributed by atoms with Gasteiger partial charge in [0.1, 0.15) is 5.82 Å². The van der Waals surface area contributed by atoms with Gasteiger partial charge in [-0.1, -0.05) is 17.2 Å². The first-order valence-electron chi connectivity index (χ1n) is 6.68. The van der Waals surface area contributed by atoms with Crippen LogP contribution in [0.1, 0.15) is 16.7 Å².